The van der Waals surface area contributed by atoms with Crippen LogP contribution in [0.15, 0.2) is 47.6 Å². The number of aromatic nitrogens is 2. The van der Waals surface area contributed by atoms with E-state index in [2.05, 4.69) is 9.97 Å². The number of rotatable bonds is 7. The fourth-order valence-corrected chi connectivity index (χ4v) is 4.74. The number of benzene rings is 2. The Kier molecular flexibility index (Phi) is 6.55. The maximum atomic E-state index is 12.0. The molecule has 6 N–H and O–H groups in total. The van der Waals surface area contributed by atoms with Crippen LogP contribution >= 0.6 is 11.8 Å². The van der Waals surface area contributed by atoms with Crippen LogP contribution in [-0.2, 0) is 4.79 Å². The summed E-state index contributed by atoms with van der Waals surface area (Å²) in [6, 6.07) is 12.3. The van der Waals surface area contributed by atoms with Crippen molar-refractivity contribution in [1.82, 2.24) is 14.9 Å². The molecule has 1 aliphatic heterocycles. The Morgan fingerprint density at radius 2 is 1.94 bits per heavy atom. The van der Waals surface area contributed by atoms with Gasteiger partial charge >= 0.3 is 5.97 Å². The number of carbonyl (C=O) groups is 1. The van der Waals surface area contributed by atoms with Crippen molar-refractivity contribution in [1.29, 1.82) is 10.8 Å². The Hall–Kier alpha value is -3.53. The first-order valence-electron chi connectivity index (χ1n) is 10.6. The van der Waals surface area contributed by atoms with Crippen LogP contribution in [0.5, 0.6) is 5.75 Å². The number of imidazole rings is 1. The molecule has 0 aliphatic carbocycles. The average Bonchev–Trinajstić information content (AvgIpc) is 3.20. The zero-order chi connectivity index (χ0) is 23.5. The van der Waals surface area contributed by atoms with E-state index in [4.69, 9.17) is 21.3 Å². The van der Waals surface area contributed by atoms with Crippen LogP contribution in [0.2, 0.25) is 0 Å². The molecule has 0 saturated carbocycles. The zero-order valence-electron chi connectivity index (χ0n) is 18.2. The minimum atomic E-state index is -0.965. The Morgan fingerprint density at radius 3 is 2.55 bits per heavy atom. The highest BCUT2D eigenvalue weighted by Crippen LogP contribution is 2.36. The quantitative estimate of drug-likeness (QED) is 0.203. The number of nitrogens with zero attached hydrogens (tertiary/aromatic N) is 2. The minimum Gasteiger partial charge on any atom is -0.490 e. The molecule has 3 aromatic rings. The number of H-pyrrole nitrogens is 1. The van der Waals surface area contributed by atoms with Gasteiger partial charge in [0.1, 0.15) is 22.9 Å². The van der Waals surface area contributed by atoms with Gasteiger partial charge < -0.3 is 25.5 Å². The molecule has 1 aromatic heterocycles. The molecule has 1 atom stereocenters. The summed E-state index contributed by atoms with van der Waals surface area (Å²) >= 11 is 1.12. The number of aliphatic carboxylic acids is 1. The number of nitrogens with one attached hydrogen (secondary N) is 3. The fourth-order valence-electron chi connectivity index (χ4n) is 3.80. The Morgan fingerprint density at radius 1 is 1.24 bits per heavy atom. The molecular weight excluding hydrogens is 440 g/mol. The van der Waals surface area contributed by atoms with Crippen molar-refractivity contribution in [2.45, 2.75) is 36.3 Å². The smallest absolute Gasteiger partial charge is 0.321 e. The van der Waals surface area contributed by atoms with Gasteiger partial charge in [0.15, 0.2) is 5.16 Å². The topological polar surface area (TPSA) is 152 Å². The summed E-state index contributed by atoms with van der Waals surface area (Å²) in [7, 11) is 0. The second-order valence-corrected chi connectivity index (χ2v) is 9.08. The summed E-state index contributed by atoms with van der Waals surface area (Å²) < 4.78 is 6.07. The Bertz CT molecular complexity index is 1180. The van der Waals surface area contributed by atoms with E-state index in [0.29, 0.717) is 38.9 Å². The van der Waals surface area contributed by atoms with E-state index in [9.17, 15) is 9.90 Å². The predicted molar refractivity (Wildman–Crippen MR) is 128 cm³/mol. The lowest BCUT2D eigenvalue weighted by Gasteiger charge is -2.32. The van der Waals surface area contributed by atoms with Gasteiger partial charge in [-0.3, -0.25) is 15.6 Å². The van der Waals surface area contributed by atoms with E-state index >= 15 is 0 Å². The van der Waals surface area contributed by atoms with Crippen molar-refractivity contribution in [2.75, 3.05) is 13.1 Å². The van der Waals surface area contributed by atoms with Crippen molar-refractivity contribution in [3.05, 3.63) is 53.6 Å². The summed E-state index contributed by atoms with van der Waals surface area (Å²) in [5, 5.41) is 24.7. The van der Waals surface area contributed by atoms with Crippen molar-refractivity contribution < 1.29 is 14.6 Å². The van der Waals surface area contributed by atoms with Gasteiger partial charge in [-0.05, 0) is 42.8 Å². The number of hydrogen-bond acceptors (Lipinski definition) is 6. The van der Waals surface area contributed by atoms with Crippen LogP contribution < -0.4 is 10.5 Å². The molecule has 2 aromatic carbocycles. The highest BCUT2D eigenvalue weighted by Gasteiger charge is 2.24. The van der Waals surface area contributed by atoms with Crippen LogP contribution in [0.1, 0.15) is 36.1 Å². The van der Waals surface area contributed by atoms with Gasteiger partial charge in [0.25, 0.3) is 0 Å². The van der Waals surface area contributed by atoms with Crippen molar-refractivity contribution >= 4 is 40.4 Å². The largest absolute Gasteiger partial charge is 0.490 e. The SMILES string of the molecule is CC(=N)N1CCC(Oc2ccc(C(Sc3nc4ccc(C(=N)N)cc4[nH]3)C(=O)O)cc2)CC1. The summed E-state index contributed by atoms with van der Waals surface area (Å²) in [6.07, 6.45) is 1.79. The van der Waals surface area contributed by atoms with E-state index in [1.54, 1.807) is 49.4 Å². The van der Waals surface area contributed by atoms with Gasteiger partial charge in [-0.2, -0.15) is 0 Å². The number of thioether (sulfide) groups is 1. The molecule has 172 valence electrons. The minimum absolute atomic E-state index is 0.0400. The van der Waals surface area contributed by atoms with Crippen LogP contribution in [0, 0.1) is 10.8 Å². The van der Waals surface area contributed by atoms with Crippen LogP contribution in [-0.4, -0.2) is 56.8 Å². The molecule has 0 spiro atoms. The Labute approximate surface area is 195 Å². The number of nitrogen functional groups attached to an aromatic ring is 1. The van der Waals surface area contributed by atoms with Gasteiger partial charge in [0.05, 0.1) is 16.9 Å². The van der Waals surface area contributed by atoms with Gasteiger partial charge in [-0.1, -0.05) is 23.9 Å². The number of amidine groups is 2. The zero-order valence-corrected chi connectivity index (χ0v) is 19.0. The van der Waals surface area contributed by atoms with Crippen molar-refractivity contribution in [3.8, 4) is 5.75 Å². The van der Waals surface area contributed by atoms with Gasteiger partial charge in [-0.25, -0.2) is 4.98 Å². The van der Waals surface area contributed by atoms with Crippen LogP contribution in [0.25, 0.3) is 11.0 Å². The molecule has 9 nitrogen and oxygen atoms in total. The first-order chi connectivity index (χ1) is 15.8. The third-order valence-electron chi connectivity index (χ3n) is 5.63. The van der Waals surface area contributed by atoms with Crippen molar-refractivity contribution in [2.24, 2.45) is 5.73 Å². The number of nitrogens with two attached hydrogens (primary N) is 1. The lowest BCUT2D eigenvalue weighted by atomic mass is 10.1. The molecule has 2 heterocycles. The summed E-state index contributed by atoms with van der Waals surface area (Å²) in [4.78, 5) is 21.6. The Balaban J connectivity index is 1.44. The van der Waals surface area contributed by atoms with Gasteiger partial charge in [0.2, 0.25) is 0 Å². The molecule has 10 heteroatoms. The predicted octanol–water partition coefficient (Wildman–Crippen LogP) is 3.61. The molecule has 0 bridgehead atoms. The fraction of sp³-hybridized carbons (Fsp3) is 0.304. The maximum absolute atomic E-state index is 12.0. The first kappa shape index (κ1) is 22.7. The molecule has 1 fully saturated rings. The number of ether oxygens (including phenoxy) is 1. The third kappa shape index (κ3) is 5.28. The summed E-state index contributed by atoms with van der Waals surface area (Å²) in [5.41, 5.74) is 8.13. The normalized spacial score (nSPS) is 15.4. The summed E-state index contributed by atoms with van der Waals surface area (Å²) in [5.74, 6) is 0.284. The number of fused-ring (bicyclic) bond motifs is 1. The highest BCUT2D eigenvalue weighted by atomic mass is 32.2. The molecular formula is C23H26N6O3S. The number of carboxylic acids is 1. The highest BCUT2D eigenvalue weighted by molar-refractivity contribution is 8.00. The number of piperidine rings is 1. The molecule has 4 rings (SSSR count). The number of aromatic amines is 1. The van der Waals surface area contributed by atoms with E-state index in [0.717, 1.165) is 37.7 Å². The number of carboxylic acid groups (broad SMARTS) is 1. The van der Waals surface area contributed by atoms with Gasteiger partial charge in [-0.15, -0.1) is 0 Å². The van der Waals surface area contributed by atoms with Crippen LogP contribution in [0.4, 0.5) is 0 Å². The standard InChI is InChI=1S/C23H26N6O3S/c1-13(24)29-10-8-17(9-11-29)32-16-5-2-14(3-6-16)20(22(30)31)33-23-27-18-7-4-15(21(25)26)12-19(18)28-23/h2-7,12,17,20,24H,8-11H2,1H3,(H3,25,26)(H,27,28)(H,30,31). The van der Waals surface area contributed by atoms with E-state index in [1.807, 2.05) is 4.90 Å². The lowest BCUT2D eigenvalue weighted by molar-refractivity contribution is -0.136. The third-order valence-corrected chi connectivity index (χ3v) is 6.75. The number of hydrogen-bond donors (Lipinski definition) is 5. The maximum Gasteiger partial charge on any atom is 0.321 e. The second kappa shape index (κ2) is 9.53. The average molecular weight is 467 g/mol. The molecule has 0 amide bonds. The molecule has 1 unspecified atom stereocenters. The monoisotopic (exact) mass is 466 g/mol. The molecule has 0 radical (unpaired) electrons. The molecule has 1 saturated heterocycles. The van der Waals surface area contributed by atoms with Gasteiger partial charge in [0, 0.05) is 31.5 Å². The van der Waals surface area contributed by atoms with E-state index < -0.39 is 11.2 Å². The molecule has 33 heavy (non-hydrogen) atoms. The second-order valence-electron chi connectivity index (χ2n) is 7.98. The summed E-state index contributed by atoms with van der Waals surface area (Å²) in [6.45, 7) is 3.41. The van der Waals surface area contributed by atoms with Crippen LogP contribution in [0.3, 0.4) is 0 Å². The lowest BCUT2D eigenvalue weighted by Crippen LogP contribution is -2.40. The first-order valence-corrected chi connectivity index (χ1v) is 11.5. The van der Waals surface area contributed by atoms with E-state index in [1.165, 1.54) is 0 Å². The molecule has 1 aliphatic rings. The van der Waals surface area contributed by atoms with Crippen molar-refractivity contribution in [3.63, 3.8) is 0 Å². The van der Waals surface area contributed by atoms with E-state index in [-0.39, 0.29) is 11.9 Å². The number of likely N-dealkylation sites (tertiary alicyclic amines) is 1.